The van der Waals surface area contributed by atoms with Crippen molar-refractivity contribution in [1.29, 1.82) is 0 Å². The number of ether oxygens (including phenoxy) is 2. The Hall–Kier alpha value is -3.46. The maximum atomic E-state index is 12.9. The predicted octanol–water partition coefficient (Wildman–Crippen LogP) is 5.00. The standard InChI is InChI=1S/C22H21N3O5S/c1-3-4-14-5-7-15(8-6-14)20-13(2)31-22(23-20)24-21(26)16-11-18-19(30-10-9-29-18)12-17(16)25(27)28/h5-8,11-12H,3-4,9-10H2,1-2H3,(H,23,24,26). The number of carbonyl (C=O) groups is 1. The summed E-state index contributed by atoms with van der Waals surface area (Å²) in [4.78, 5) is 29.2. The molecule has 0 bridgehead atoms. The minimum atomic E-state index is -0.623. The van der Waals surface area contributed by atoms with Gasteiger partial charge >= 0.3 is 0 Å². The molecule has 0 spiro atoms. The molecule has 1 aliphatic rings. The third kappa shape index (κ3) is 4.36. The van der Waals surface area contributed by atoms with E-state index in [0.717, 1.165) is 29.0 Å². The zero-order chi connectivity index (χ0) is 22.0. The smallest absolute Gasteiger partial charge is 0.286 e. The zero-order valence-electron chi connectivity index (χ0n) is 17.1. The van der Waals surface area contributed by atoms with Crippen LogP contribution in [0, 0.1) is 17.0 Å². The summed E-state index contributed by atoms with van der Waals surface area (Å²) in [6.45, 7) is 4.68. The number of fused-ring (bicyclic) bond motifs is 1. The minimum absolute atomic E-state index is 0.104. The lowest BCUT2D eigenvalue weighted by atomic mass is 10.1. The lowest BCUT2D eigenvalue weighted by molar-refractivity contribution is -0.385. The molecule has 8 nitrogen and oxygen atoms in total. The molecule has 0 unspecified atom stereocenters. The lowest BCUT2D eigenvalue weighted by Crippen LogP contribution is -2.18. The van der Waals surface area contributed by atoms with Gasteiger partial charge in [-0.2, -0.15) is 0 Å². The maximum absolute atomic E-state index is 12.9. The van der Waals surface area contributed by atoms with Crippen LogP contribution in [0.3, 0.4) is 0 Å². The summed E-state index contributed by atoms with van der Waals surface area (Å²) < 4.78 is 10.9. The highest BCUT2D eigenvalue weighted by Crippen LogP contribution is 2.37. The van der Waals surface area contributed by atoms with Crippen LogP contribution >= 0.6 is 11.3 Å². The summed E-state index contributed by atoms with van der Waals surface area (Å²) >= 11 is 1.32. The normalized spacial score (nSPS) is 12.5. The van der Waals surface area contributed by atoms with Crippen molar-refractivity contribution in [3.63, 3.8) is 0 Å². The van der Waals surface area contributed by atoms with E-state index >= 15 is 0 Å². The fourth-order valence-electron chi connectivity index (χ4n) is 3.41. The number of nitro groups is 1. The summed E-state index contributed by atoms with van der Waals surface area (Å²) in [6.07, 6.45) is 2.10. The molecule has 1 N–H and O–H groups in total. The molecule has 160 valence electrons. The van der Waals surface area contributed by atoms with Crippen LogP contribution in [0.15, 0.2) is 36.4 Å². The quantitative estimate of drug-likeness (QED) is 0.428. The summed E-state index contributed by atoms with van der Waals surface area (Å²) in [6, 6.07) is 10.8. The number of hydrogen-bond acceptors (Lipinski definition) is 7. The van der Waals surface area contributed by atoms with Gasteiger partial charge in [-0.05, 0) is 18.9 Å². The van der Waals surface area contributed by atoms with Crippen LogP contribution in [0.4, 0.5) is 10.8 Å². The largest absolute Gasteiger partial charge is 0.486 e. The van der Waals surface area contributed by atoms with Crippen molar-refractivity contribution in [3.8, 4) is 22.8 Å². The number of aryl methyl sites for hydroxylation is 2. The second-order valence-corrected chi connectivity index (χ2v) is 8.30. The van der Waals surface area contributed by atoms with Gasteiger partial charge in [-0.25, -0.2) is 4.98 Å². The number of nitrogens with zero attached hydrogens (tertiary/aromatic N) is 2. The highest BCUT2D eigenvalue weighted by atomic mass is 32.1. The van der Waals surface area contributed by atoms with Crippen molar-refractivity contribution < 1.29 is 19.2 Å². The van der Waals surface area contributed by atoms with Gasteiger partial charge in [0.1, 0.15) is 18.8 Å². The Bertz CT molecular complexity index is 1140. The summed E-state index contributed by atoms with van der Waals surface area (Å²) in [5, 5.41) is 14.6. The molecule has 2 heterocycles. The number of nitro benzene ring substituents is 1. The molecule has 4 rings (SSSR count). The number of carbonyl (C=O) groups excluding carboxylic acids is 1. The molecule has 0 saturated heterocycles. The second-order valence-electron chi connectivity index (χ2n) is 7.09. The van der Waals surface area contributed by atoms with E-state index in [1.165, 1.54) is 29.0 Å². The predicted molar refractivity (Wildman–Crippen MR) is 118 cm³/mol. The number of amides is 1. The number of benzene rings is 2. The first-order chi connectivity index (χ1) is 15.0. The number of nitrogens with one attached hydrogen (secondary N) is 1. The molecule has 9 heteroatoms. The summed E-state index contributed by atoms with van der Waals surface area (Å²) in [7, 11) is 0. The second kappa shape index (κ2) is 8.73. The highest BCUT2D eigenvalue weighted by molar-refractivity contribution is 7.16. The van der Waals surface area contributed by atoms with Crippen LogP contribution in [-0.2, 0) is 6.42 Å². The monoisotopic (exact) mass is 439 g/mol. The third-order valence-electron chi connectivity index (χ3n) is 4.88. The number of thiazole rings is 1. The van der Waals surface area contributed by atoms with Gasteiger partial charge in [0, 0.05) is 16.5 Å². The summed E-state index contributed by atoms with van der Waals surface area (Å²) in [5.41, 5.74) is 2.55. The van der Waals surface area contributed by atoms with Gasteiger partial charge in [-0.3, -0.25) is 20.2 Å². The average Bonchev–Trinajstić information content (AvgIpc) is 3.13. The Morgan fingerprint density at radius 2 is 1.87 bits per heavy atom. The Morgan fingerprint density at radius 3 is 2.52 bits per heavy atom. The molecule has 1 aliphatic heterocycles. The first-order valence-corrected chi connectivity index (χ1v) is 10.7. The molecule has 0 saturated carbocycles. The van der Waals surface area contributed by atoms with E-state index in [4.69, 9.17) is 9.47 Å². The first-order valence-electron chi connectivity index (χ1n) is 9.92. The Kier molecular flexibility index (Phi) is 5.85. The molecular formula is C22H21N3O5S. The van der Waals surface area contributed by atoms with Crippen molar-refractivity contribution in [3.05, 3.63) is 62.5 Å². The van der Waals surface area contributed by atoms with Crippen LogP contribution in [0.25, 0.3) is 11.3 Å². The van der Waals surface area contributed by atoms with Crippen LogP contribution < -0.4 is 14.8 Å². The fourth-order valence-corrected chi connectivity index (χ4v) is 4.24. The molecule has 3 aromatic rings. The topological polar surface area (TPSA) is 104 Å². The lowest BCUT2D eigenvalue weighted by Gasteiger charge is -2.18. The summed E-state index contributed by atoms with van der Waals surface area (Å²) in [5.74, 6) is -0.0548. The van der Waals surface area contributed by atoms with Crippen molar-refractivity contribution in [2.24, 2.45) is 0 Å². The van der Waals surface area contributed by atoms with Crippen molar-refractivity contribution in [2.45, 2.75) is 26.7 Å². The van der Waals surface area contributed by atoms with E-state index in [9.17, 15) is 14.9 Å². The van der Waals surface area contributed by atoms with Gasteiger partial charge in [-0.1, -0.05) is 37.6 Å². The van der Waals surface area contributed by atoms with Gasteiger partial charge in [0.05, 0.1) is 16.7 Å². The van der Waals surface area contributed by atoms with Gasteiger partial charge in [0.25, 0.3) is 11.6 Å². The Balaban J connectivity index is 1.59. The number of rotatable bonds is 6. The minimum Gasteiger partial charge on any atom is -0.486 e. The first kappa shape index (κ1) is 20.8. The Morgan fingerprint density at radius 1 is 1.19 bits per heavy atom. The molecule has 0 aliphatic carbocycles. The molecule has 1 amide bonds. The molecule has 2 aromatic carbocycles. The van der Waals surface area contributed by atoms with E-state index in [1.54, 1.807) is 0 Å². The average molecular weight is 439 g/mol. The van der Waals surface area contributed by atoms with Gasteiger partial charge < -0.3 is 9.47 Å². The van der Waals surface area contributed by atoms with Crippen molar-refractivity contribution in [1.82, 2.24) is 4.98 Å². The van der Waals surface area contributed by atoms with E-state index in [-0.39, 0.29) is 17.0 Å². The third-order valence-corrected chi connectivity index (χ3v) is 5.77. The van der Waals surface area contributed by atoms with E-state index in [2.05, 4.69) is 29.4 Å². The highest BCUT2D eigenvalue weighted by Gasteiger charge is 2.27. The van der Waals surface area contributed by atoms with Crippen LogP contribution in [-0.4, -0.2) is 29.0 Å². The van der Waals surface area contributed by atoms with Crippen LogP contribution in [0.2, 0.25) is 0 Å². The van der Waals surface area contributed by atoms with Gasteiger partial charge in [0.2, 0.25) is 0 Å². The van der Waals surface area contributed by atoms with Gasteiger partial charge in [-0.15, -0.1) is 11.3 Å². The maximum Gasteiger partial charge on any atom is 0.286 e. The fraction of sp³-hybridized carbons (Fsp3) is 0.273. The van der Waals surface area contributed by atoms with E-state index < -0.39 is 10.8 Å². The van der Waals surface area contributed by atoms with Gasteiger partial charge in [0.15, 0.2) is 16.6 Å². The molecule has 0 radical (unpaired) electrons. The zero-order valence-corrected chi connectivity index (χ0v) is 18.0. The van der Waals surface area contributed by atoms with Crippen molar-refractivity contribution >= 4 is 28.1 Å². The van der Waals surface area contributed by atoms with Crippen LogP contribution in [0.1, 0.15) is 34.1 Å². The van der Waals surface area contributed by atoms with Crippen molar-refractivity contribution in [2.75, 3.05) is 18.5 Å². The van der Waals surface area contributed by atoms with E-state index in [1.807, 2.05) is 19.1 Å². The molecular weight excluding hydrogens is 418 g/mol. The SMILES string of the molecule is CCCc1ccc(-c2nc(NC(=O)c3cc4c(cc3[N+](=O)[O-])OCCO4)sc2C)cc1. The molecule has 31 heavy (non-hydrogen) atoms. The number of hydrogen-bond donors (Lipinski definition) is 1. The number of anilines is 1. The van der Waals surface area contributed by atoms with E-state index in [0.29, 0.717) is 24.1 Å². The molecule has 0 atom stereocenters. The molecule has 0 fully saturated rings. The van der Waals surface area contributed by atoms with Crippen LogP contribution in [0.5, 0.6) is 11.5 Å². The number of aromatic nitrogens is 1. The molecule has 1 aromatic heterocycles. The Labute approximate surface area is 183 Å².